The second kappa shape index (κ2) is 7.82. The number of fused-ring (bicyclic) bond motifs is 1. The first-order valence-corrected chi connectivity index (χ1v) is 10.7. The van der Waals surface area contributed by atoms with Crippen LogP contribution in [0.4, 0.5) is 11.6 Å². The molecule has 4 rings (SSSR count). The van der Waals surface area contributed by atoms with Crippen LogP contribution in [-0.2, 0) is 10.0 Å². The number of hydrogen-bond acceptors (Lipinski definition) is 6. The van der Waals surface area contributed by atoms with Crippen molar-refractivity contribution >= 4 is 33.3 Å². The van der Waals surface area contributed by atoms with E-state index in [0.29, 0.717) is 28.5 Å². The average Bonchev–Trinajstić information content (AvgIpc) is 3.16. The van der Waals surface area contributed by atoms with Gasteiger partial charge in [-0.25, -0.2) is 22.0 Å². The van der Waals surface area contributed by atoms with Gasteiger partial charge < -0.3 is 10.4 Å². The summed E-state index contributed by atoms with van der Waals surface area (Å²) < 4.78 is 27.8. The quantitative estimate of drug-likeness (QED) is 0.476. The second-order valence-corrected chi connectivity index (χ2v) is 9.09. The van der Waals surface area contributed by atoms with Crippen molar-refractivity contribution in [3.8, 4) is 11.3 Å². The van der Waals surface area contributed by atoms with Gasteiger partial charge in [0.2, 0.25) is 16.0 Å². The van der Waals surface area contributed by atoms with E-state index in [1.165, 1.54) is 30.5 Å². The number of aromatic carboxylic acids is 1. The molecule has 2 heterocycles. The number of rotatable bonds is 6. The van der Waals surface area contributed by atoms with Crippen LogP contribution in [0.1, 0.15) is 10.4 Å². The molecule has 0 aliphatic carbocycles. The van der Waals surface area contributed by atoms with Crippen molar-refractivity contribution in [1.29, 1.82) is 0 Å². The maximum Gasteiger partial charge on any atom is 0.335 e. The fourth-order valence-electron chi connectivity index (χ4n) is 3.03. The highest BCUT2D eigenvalue weighted by molar-refractivity contribution is 7.89. The van der Waals surface area contributed by atoms with Crippen LogP contribution in [0.2, 0.25) is 0 Å². The van der Waals surface area contributed by atoms with Gasteiger partial charge in [-0.1, -0.05) is 18.2 Å². The van der Waals surface area contributed by atoms with Crippen molar-refractivity contribution in [2.24, 2.45) is 0 Å². The first-order chi connectivity index (χ1) is 14.8. The normalized spacial score (nSPS) is 11.7. The monoisotopic (exact) mass is 437 g/mol. The van der Waals surface area contributed by atoms with Crippen LogP contribution in [0.3, 0.4) is 0 Å². The van der Waals surface area contributed by atoms with E-state index in [9.17, 15) is 13.2 Å². The molecule has 0 atom stereocenters. The minimum atomic E-state index is -3.57. The predicted octanol–water partition coefficient (Wildman–Crippen LogP) is 3.09. The Kier molecular flexibility index (Phi) is 5.17. The molecule has 0 saturated carbocycles. The Morgan fingerprint density at radius 3 is 2.42 bits per heavy atom. The number of pyridine rings is 1. The zero-order valence-corrected chi connectivity index (χ0v) is 17.5. The van der Waals surface area contributed by atoms with Crippen molar-refractivity contribution in [3.05, 3.63) is 72.3 Å². The van der Waals surface area contributed by atoms with Gasteiger partial charge in [-0.2, -0.15) is 4.98 Å². The van der Waals surface area contributed by atoms with E-state index in [-0.39, 0.29) is 10.5 Å². The van der Waals surface area contributed by atoms with Gasteiger partial charge in [-0.15, -0.1) is 5.10 Å². The van der Waals surface area contributed by atoms with Crippen LogP contribution in [0.5, 0.6) is 0 Å². The number of hydrogen-bond donors (Lipinski definition) is 2. The molecule has 158 valence electrons. The molecule has 10 heteroatoms. The zero-order valence-electron chi connectivity index (χ0n) is 16.7. The first-order valence-electron chi connectivity index (χ1n) is 9.25. The minimum Gasteiger partial charge on any atom is -0.478 e. The number of benzene rings is 2. The van der Waals surface area contributed by atoms with Crippen LogP contribution in [0, 0.1) is 0 Å². The standard InChI is InChI=1S/C21H19N5O4S/c1-25(2)31(29,30)17-6-3-5-15(13-17)18-7-4-8-19-23-21(24-26(18)19)22-16-11-9-14(10-12-16)20(27)28/h3-13H,1-2H3,(H,22,24)(H,27,28). The van der Waals surface area contributed by atoms with Gasteiger partial charge in [0, 0.05) is 25.3 Å². The predicted molar refractivity (Wildman–Crippen MR) is 116 cm³/mol. The third-order valence-corrected chi connectivity index (χ3v) is 6.47. The smallest absolute Gasteiger partial charge is 0.335 e. The van der Waals surface area contributed by atoms with Crippen LogP contribution in [0.15, 0.2) is 71.6 Å². The fourth-order valence-corrected chi connectivity index (χ4v) is 3.98. The highest BCUT2D eigenvalue weighted by Gasteiger charge is 2.18. The van der Waals surface area contributed by atoms with Crippen molar-refractivity contribution < 1.29 is 18.3 Å². The number of aromatic nitrogens is 3. The number of carbonyl (C=O) groups is 1. The van der Waals surface area contributed by atoms with E-state index in [4.69, 9.17) is 5.11 Å². The third-order valence-electron chi connectivity index (χ3n) is 4.66. The molecule has 0 saturated heterocycles. The summed E-state index contributed by atoms with van der Waals surface area (Å²) in [5, 5.41) is 16.5. The molecular formula is C21H19N5O4S. The summed E-state index contributed by atoms with van der Waals surface area (Å²) in [7, 11) is -0.598. The first kappa shape index (κ1) is 20.5. The minimum absolute atomic E-state index is 0.184. The lowest BCUT2D eigenvalue weighted by molar-refractivity contribution is 0.0697. The molecule has 2 N–H and O–H groups in total. The molecule has 0 aliphatic heterocycles. The molecule has 0 amide bonds. The van der Waals surface area contributed by atoms with Crippen LogP contribution in [0.25, 0.3) is 16.9 Å². The van der Waals surface area contributed by atoms with Crippen LogP contribution in [-0.4, -0.2) is 52.5 Å². The Morgan fingerprint density at radius 2 is 1.74 bits per heavy atom. The topological polar surface area (TPSA) is 117 Å². The van der Waals surface area contributed by atoms with E-state index in [2.05, 4.69) is 15.4 Å². The Morgan fingerprint density at radius 1 is 1.03 bits per heavy atom. The average molecular weight is 437 g/mol. The lowest BCUT2D eigenvalue weighted by atomic mass is 10.1. The van der Waals surface area contributed by atoms with Gasteiger partial charge in [0.05, 0.1) is 16.2 Å². The van der Waals surface area contributed by atoms with Gasteiger partial charge in [-0.3, -0.25) is 0 Å². The number of carboxylic acid groups (broad SMARTS) is 1. The molecule has 0 fully saturated rings. The van der Waals surface area contributed by atoms with E-state index < -0.39 is 16.0 Å². The van der Waals surface area contributed by atoms with Gasteiger partial charge in [0.25, 0.3) is 0 Å². The highest BCUT2D eigenvalue weighted by Crippen LogP contribution is 2.25. The molecule has 9 nitrogen and oxygen atoms in total. The van der Waals surface area contributed by atoms with E-state index in [1.54, 1.807) is 40.9 Å². The van der Waals surface area contributed by atoms with E-state index >= 15 is 0 Å². The Labute approximate surface area is 178 Å². The van der Waals surface area contributed by atoms with Gasteiger partial charge >= 0.3 is 5.97 Å². The molecule has 0 bridgehead atoms. The number of nitrogens with one attached hydrogen (secondary N) is 1. The second-order valence-electron chi connectivity index (χ2n) is 6.94. The number of sulfonamides is 1. The van der Waals surface area contributed by atoms with Crippen molar-refractivity contribution in [3.63, 3.8) is 0 Å². The van der Waals surface area contributed by atoms with Crippen molar-refractivity contribution in [2.75, 3.05) is 19.4 Å². The zero-order chi connectivity index (χ0) is 22.2. The maximum absolute atomic E-state index is 12.5. The molecule has 4 aromatic rings. The van der Waals surface area contributed by atoms with Crippen molar-refractivity contribution in [2.45, 2.75) is 4.90 Å². The highest BCUT2D eigenvalue weighted by atomic mass is 32.2. The SMILES string of the molecule is CN(C)S(=O)(=O)c1cccc(-c2cccc3nc(Nc4ccc(C(=O)O)cc4)nn23)c1. The van der Waals surface area contributed by atoms with Crippen molar-refractivity contribution in [1.82, 2.24) is 18.9 Å². The fraction of sp³-hybridized carbons (Fsp3) is 0.0952. The molecule has 2 aromatic heterocycles. The summed E-state index contributed by atoms with van der Waals surface area (Å²) in [6.45, 7) is 0. The van der Waals surface area contributed by atoms with E-state index in [1.807, 2.05) is 18.2 Å². The van der Waals surface area contributed by atoms with Gasteiger partial charge in [0.1, 0.15) is 0 Å². The summed E-state index contributed by atoms with van der Waals surface area (Å²) in [4.78, 5) is 15.6. The van der Waals surface area contributed by atoms with Gasteiger partial charge in [-0.05, 0) is 48.5 Å². The maximum atomic E-state index is 12.5. The lowest BCUT2D eigenvalue weighted by Crippen LogP contribution is -2.22. The summed E-state index contributed by atoms with van der Waals surface area (Å²) >= 11 is 0. The molecule has 0 aliphatic rings. The summed E-state index contributed by atoms with van der Waals surface area (Å²) in [5.74, 6) is -0.673. The van der Waals surface area contributed by atoms with Gasteiger partial charge in [0.15, 0.2) is 5.65 Å². The van der Waals surface area contributed by atoms with E-state index in [0.717, 1.165) is 0 Å². The molecule has 0 radical (unpaired) electrons. The molecular weight excluding hydrogens is 418 g/mol. The van der Waals surface area contributed by atoms with Crippen LogP contribution < -0.4 is 5.32 Å². The Balaban J connectivity index is 1.71. The lowest BCUT2D eigenvalue weighted by Gasteiger charge is -2.12. The summed E-state index contributed by atoms with van der Waals surface area (Å²) in [6, 6.07) is 18.3. The largest absolute Gasteiger partial charge is 0.478 e. The summed E-state index contributed by atoms with van der Waals surface area (Å²) in [6.07, 6.45) is 0. The third kappa shape index (κ3) is 3.98. The van der Waals surface area contributed by atoms with Crippen LogP contribution >= 0.6 is 0 Å². The Bertz CT molecular complexity index is 1380. The number of carboxylic acids is 1. The molecule has 0 spiro atoms. The molecule has 0 unspecified atom stereocenters. The summed E-state index contributed by atoms with van der Waals surface area (Å²) in [5.41, 5.74) is 2.75. The molecule has 2 aromatic carbocycles. The number of anilines is 2. The number of nitrogens with zero attached hydrogens (tertiary/aromatic N) is 4. The Hall–Kier alpha value is -3.76. The molecule has 31 heavy (non-hydrogen) atoms.